The van der Waals surface area contributed by atoms with Gasteiger partial charge in [0.2, 0.25) is 5.91 Å². The molecule has 1 heterocycles. The van der Waals surface area contributed by atoms with Gasteiger partial charge in [0.25, 0.3) is 0 Å². The molecule has 1 aliphatic carbocycles. The Hall–Kier alpha value is -1.06. The predicted molar refractivity (Wildman–Crippen MR) is 68.1 cm³/mol. The number of nitrogens with zero attached hydrogens (tertiary/aromatic N) is 1. The molecule has 18 heavy (non-hydrogen) atoms. The summed E-state index contributed by atoms with van der Waals surface area (Å²) in [6.07, 6.45) is 6.26. The van der Waals surface area contributed by atoms with Crippen molar-refractivity contribution in [1.82, 2.24) is 4.90 Å². The van der Waals surface area contributed by atoms with Gasteiger partial charge in [-0.3, -0.25) is 9.59 Å². The number of aliphatic carboxylic acids is 1. The molecular formula is C14H23NO3. The lowest BCUT2D eigenvalue weighted by atomic mass is 9.92. The zero-order valence-electron chi connectivity index (χ0n) is 11.1. The van der Waals surface area contributed by atoms with E-state index in [2.05, 4.69) is 6.92 Å². The lowest BCUT2D eigenvalue weighted by Crippen LogP contribution is -2.47. The second-order valence-electron chi connectivity index (χ2n) is 5.79. The van der Waals surface area contributed by atoms with E-state index in [-0.39, 0.29) is 24.3 Å². The summed E-state index contributed by atoms with van der Waals surface area (Å²) in [4.78, 5) is 25.3. The van der Waals surface area contributed by atoms with Crippen LogP contribution in [0.2, 0.25) is 0 Å². The normalized spacial score (nSPS) is 32.5. The smallest absolute Gasteiger partial charge is 0.305 e. The molecule has 2 aliphatic rings. The van der Waals surface area contributed by atoms with Gasteiger partial charge in [-0.2, -0.15) is 0 Å². The second kappa shape index (κ2) is 5.72. The summed E-state index contributed by atoms with van der Waals surface area (Å²) in [5.41, 5.74) is 0. The van der Waals surface area contributed by atoms with Gasteiger partial charge in [-0.1, -0.05) is 13.3 Å². The van der Waals surface area contributed by atoms with E-state index < -0.39 is 5.97 Å². The summed E-state index contributed by atoms with van der Waals surface area (Å²) in [7, 11) is 0. The van der Waals surface area contributed by atoms with Crippen LogP contribution < -0.4 is 0 Å². The van der Waals surface area contributed by atoms with Gasteiger partial charge in [0.05, 0.1) is 6.42 Å². The first kappa shape index (κ1) is 13.4. The van der Waals surface area contributed by atoms with Crippen LogP contribution in [0.4, 0.5) is 0 Å². The van der Waals surface area contributed by atoms with Crippen molar-refractivity contribution in [3.8, 4) is 0 Å². The molecule has 1 saturated heterocycles. The van der Waals surface area contributed by atoms with Crippen LogP contribution in [0.25, 0.3) is 0 Å². The number of rotatable bonds is 3. The van der Waals surface area contributed by atoms with E-state index in [1.165, 1.54) is 0 Å². The van der Waals surface area contributed by atoms with Crippen LogP contribution >= 0.6 is 0 Å². The van der Waals surface area contributed by atoms with E-state index in [9.17, 15) is 9.59 Å². The van der Waals surface area contributed by atoms with Gasteiger partial charge >= 0.3 is 5.97 Å². The summed E-state index contributed by atoms with van der Waals surface area (Å²) >= 11 is 0. The molecule has 0 bridgehead atoms. The van der Waals surface area contributed by atoms with Crippen LogP contribution in [0.1, 0.15) is 51.9 Å². The maximum atomic E-state index is 12.5. The van der Waals surface area contributed by atoms with Crippen LogP contribution in [0.15, 0.2) is 0 Å². The monoisotopic (exact) mass is 253 g/mol. The number of amides is 1. The molecule has 1 amide bonds. The molecule has 2 fully saturated rings. The maximum absolute atomic E-state index is 12.5. The number of carbonyl (C=O) groups is 2. The third-order valence-electron chi connectivity index (χ3n) is 4.50. The minimum atomic E-state index is -0.792. The molecule has 0 radical (unpaired) electrons. The Morgan fingerprint density at radius 1 is 1.17 bits per heavy atom. The number of hydrogen-bond acceptors (Lipinski definition) is 2. The van der Waals surface area contributed by atoms with E-state index in [0.29, 0.717) is 5.92 Å². The average molecular weight is 253 g/mol. The molecule has 0 spiro atoms. The zero-order chi connectivity index (χ0) is 13.1. The molecular weight excluding hydrogens is 230 g/mol. The van der Waals surface area contributed by atoms with Crippen LogP contribution in [-0.4, -0.2) is 34.5 Å². The second-order valence-corrected chi connectivity index (χ2v) is 5.79. The molecule has 0 aromatic heterocycles. The third kappa shape index (κ3) is 2.85. The standard InChI is InChI=1S/C14H23NO3/c1-10-5-4-7-12(10)14(18)15-8-3-2-6-11(15)9-13(16)17/h10-12H,2-9H2,1H3,(H,16,17). The first-order valence-corrected chi connectivity index (χ1v) is 7.12. The van der Waals surface area contributed by atoms with Gasteiger partial charge < -0.3 is 10.0 Å². The predicted octanol–water partition coefficient (Wildman–Crippen LogP) is 2.28. The average Bonchev–Trinajstić information content (AvgIpc) is 2.74. The van der Waals surface area contributed by atoms with Gasteiger partial charge in [0, 0.05) is 18.5 Å². The summed E-state index contributed by atoms with van der Waals surface area (Å²) in [5, 5.41) is 8.94. The summed E-state index contributed by atoms with van der Waals surface area (Å²) < 4.78 is 0. The van der Waals surface area contributed by atoms with E-state index in [4.69, 9.17) is 5.11 Å². The van der Waals surface area contributed by atoms with Gasteiger partial charge in [0.1, 0.15) is 0 Å². The highest BCUT2D eigenvalue weighted by Crippen LogP contribution is 2.34. The number of carboxylic acid groups (broad SMARTS) is 1. The molecule has 2 rings (SSSR count). The Kier molecular flexibility index (Phi) is 4.25. The Morgan fingerprint density at radius 2 is 1.94 bits per heavy atom. The minimum absolute atomic E-state index is 0.0726. The Bertz CT molecular complexity index is 329. The fourth-order valence-electron chi connectivity index (χ4n) is 3.43. The zero-order valence-corrected chi connectivity index (χ0v) is 11.1. The van der Waals surface area contributed by atoms with Crippen molar-refractivity contribution in [3.05, 3.63) is 0 Å². The molecule has 1 N–H and O–H groups in total. The van der Waals surface area contributed by atoms with Crippen molar-refractivity contribution in [3.63, 3.8) is 0 Å². The topological polar surface area (TPSA) is 57.6 Å². The van der Waals surface area contributed by atoms with Crippen LogP contribution in [0.3, 0.4) is 0 Å². The quantitative estimate of drug-likeness (QED) is 0.839. The van der Waals surface area contributed by atoms with Crippen molar-refractivity contribution >= 4 is 11.9 Å². The first-order valence-electron chi connectivity index (χ1n) is 7.12. The third-order valence-corrected chi connectivity index (χ3v) is 4.50. The number of carbonyl (C=O) groups excluding carboxylic acids is 1. The highest BCUT2D eigenvalue weighted by molar-refractivity contribution is 5.80. The number of hydrogen-bond donors (Lipinski definition) is 1. The Labute approximate surface area is 108 Å². The van der Waals surface area contributed by atoms with E-state index in [1.807, 2.05) is 4.90 Å². The molecule has 1 aliphatic heterocycles. The Morgan fingerprint density at radius 3 is 2.56 bits per heavy atom. The molecule has 102 valence electrons. The molecule has 4 heteroatoms. The van der Waals surface area contributed by atoms with E-state index in [0.717, 1.165) is 45.1 Å². The maximum Gasteiger partial charge on any atom is 0.305 e. The van der Waals surface area contributed by atoms with Crippen molar-refractivity contribution in [2.75, 3.05) is 6.54 Å². The minimum Gasteiger partial charge on any atom is -0.481 e. The van der Waals surface area contributed by atoms with Gasteiger partial charge in [-0.25, -0.2) is 0 Å². The van der Waals surface area contributed by atoms with E-state index in [1.54, 1.807) is 0 Å². The summed E-state index contributed by atoms with van der Waals surface area (Å²) in [5.74, 6) is 0.0226. The van der Waals surface area contributed by atoms with Crippen molar-refractivity contribution < 1.29 is 14.7 Å². The largest absolute Gasteiger partial charge is 0.481 e. The molecule has 0 aromatic carbocycles. The van der Waals surface area contributed by atoms with Crippen molar-refractivity contribution in [2.24, 2.45) is 11.8 Å². The van der Waals surface area contributed by atoms with Gasteiger partial charge in [-0.15, -0.1) is 0 Å². The van der Waals surface area contributed by atoms with Crippen molar-refractivity contribution in [2.45, 2.75) is 57.9 Å². The van der Waals surface area contributed by atoms with Gasteiger partial charge in [-0.05, 0) is 38.0 Å². The lowest BCUT2D eigenvalue weighted by molar-refractivity contribution is -0.144. The fraction of sp³-hybridized carbons (Fsp3) is 0.857. The summed E-state index contributed by atoms with van der Waals surface area (Å²) in [6, 6.07) is -0.0726. The van der Waals surface area contributed by atoms with Crippen LogP contribution in [-0.2, 0) is 9.59 Å². The van der Waals surface area contributed by atoms with Gasteiger partial charge in [0.15, 0.2) is 0 Å². The number of carboxylic acids is 1. The summed E-state index contributed by atoms with van der Waals surface area (Å²) in [6.45, 7) is 2.89. The molecule has 3 atom stereocenters. The SMILES string of the molecule is CC1CCCC1C(=O)N1CCCCC1CC(=O)O. The Balaban J connectivity index is 2.03. The number of piperidine rings is 1. The highest BCUT2D eigenvalue weighted by atomic mass is 16.4. The number of likely N-dealkylation sites (tertiary alicyclic amines) is 1. The molecule has 4 nitrogen and oxygen atoms in total. The molecule has 1 saturated carbocycles. The first-order chi connectivity index (χ1) is 8.59. The highest BCUT2D eigenvalue weighted by Gasteiger charge is 2.36. The molecule has 0 aromatic rings. The van der Waals surface area contributed by atoms with Crippen LogP contribution in [0, 0.1) is 11.8 Å². The molecule has 3 unspecified atom stereocenters. The fourth-order valence-corrected chi connectivity index (χ4v) is 3.43. The van der Waals surface area contributed by atoms with E-state index >= 15 is 0 Å². The lowest BCUT2D eigenvalue weighted by Gasteiger charge is -2.37. The van der Waals surface area contributed by atoms with Crippen LogP contribution in [0.5, 0.6) is 0 Å². The van der Waals surface area contributed by atoms with Crippen molar-refractivity contribution in [1.29, 1.82) is 0 Å².